The normalized spacial score (nSPS) is 12.4. The van der Waals surface area contributed by atoms with E-state index < -0.39 is 12.1 Å². The highest BCUT2D eigenvalue weighted by atomic mass is 16.5. The monoisotopic (exact) mass is 289 g/mol. The summed E-state index contributed by atoms with van der Waals surface area (Å²) in [5, 5.41) is 2.73. The van der Waals surface area contributed by atoms with Gasteiger partial charge >= 0.3 is 5.97 Å². The minimum absolute atomic E-state index is 0.342. The number of rotatable bonds is 6. The summed E-state index contributed by atoms with van der Waals surface area (Å²) in [6.45, 7) is 7.69. The summed E-state index contributed by atoms with van der Waals surface area (Å²) in [6.07, 6.45) is 2.94. The van der Waals surface area contributed by atoms with Crippen LogP contribution in [0.3, 0.4) is 0 Å². The van der Waals surface area contributed by atoms with E-state index in [4.69, 9.17) is 4.74 Å². The van der Waals surface area contributed by atoms with Crippen molar-refractivity contribution in [3.8, 4) is 0 Å². The van der Waals surface area contributed by atoms with Gasteiger partial charge in [-0.15, -0.1) is 0 Å². The summed E-state index contributed by atoms with van der Waals surface area (Å²) < 4.78 is 5.01. The number of allylic oxidation sites excluding steroid dienone is 1. The molecule has 21 heavy (non-hydrogen) atoms. The molecular weight excluding hydrogens is 266 g/mol. The Bertz CT molecular complexity index is 503. The van der Waals surface area contributed by atoms with Gasteiger partial charge in [0.1, 0.15) is 0 Å². The van der Waals surface area contributed by atoms with Gasteiger partial charge in [-0.3, -0.25) is 4.79 Å². The van der Waals surface area contributed by atoms with Crippen LogP contribution in [0, 0.1) is 0 Å². The molecule has 1 amide bonds. The third-order valence-electron chi connectivity index (χ3n) is 3.00. The molecule has 1 aromatic rings. The van der Waals surface area contributed by atoms with Crippen LogP contribution >= 0.6 is 0 Å². The van der Waals surface area contributed by atoms with Crippen LogP contribution in [0.5, 0.6) is 0 Å². The number of anilines is 1. The number of hydrogen-bond acceptors (Lipinski definition) is 3. The molecule has 0 unspecified atom stereocenters. The Morgan fingerprint density at radius 2 is 1.81 bits per heavy atom. The Morgan fingerprint density at radius 1 is 1.19 bits per heavy atom. The number of carbonyl (C=O) groups is 2. The number of esters is 1. The average Bonchev–Trinajstić information content (AvgIpc) is 2.45. The van der Waals surface area contributed by atoms with Crippen LogP contribution in [-0.4, -0.2) is 18.0 Å². The maximum atomic E-state index is 11.9. The minimum Gasteiger partial charge on any atom is -0.449 e. The summed E-state index contributed by atoms with van der Waals surface area (Å²) in [4.78, 5) is 23.3. The molecule has 1 atom stereocenters. The highest BCUT2D eigenvalue weighted by Crippen LogP contribution is 2.17. The average molecular weight is 289 g/mol. The molecule has 1 aromatic carbocycles. The van der Waals surface area contributed by atoms with Gasteiger partial charge in [0.2, 0.25) is 0 Å². The molecule has 0 fully saturated rings. The molecule has 0 spiro atoms. The van der Waals surface area contributed by atoms with Crippen LogP contribution in [0.4, 0.5) is 5.69 Å². The van der Waals surface area contributed by atoms with Crippen LogP contribution in [-0.2, 0) is 14.3 Å². The molecule has 0 saturated carbocycles. The van der Waals surface area contributed by atoms with Gasteiger partial charge in [-0.1, -0.05) is 39.0 Å². The van der Waals surface area contributed by atoms with Gasteiger partial charge in [-0.05, 0) is 37.0 Å². The van der Waals surface area contributed by atoms with Crippen LogP contribution < -0.4 is 5.32 Å². The molecule has 0 aliphatic rings. The number of ether oxygens (including phenoxy) is 1. The predicted octanol–water partition coefficient (Wildman–Crippen LogP) is 3.65. The molecule has 0 heterocycles. The number of amides is 1. The van der Waals surface area contributed by atoms with Gasteiger partial charge < -0.3 is 10.1 Å². The van der Waals surface area contributed by atoms with Gasteiger partial charge in [0.15, 0.2) is 6.10 Å². The predicted molar refractivity (Wildman–Crippen MR) is 84.1 cm³/mol. The number of carbonyl (C=O) groups excluding carboxylic acids is 2. The summed E-state index contributed by atoms with van der Waals surface area (Å²) >= 11 is 0. The Hall–Kier alpha value is -2.10. The molecule has 1 rings (SSSR count). The zero-order valence-electron chi connectivity index (χ0n) is 13.1. The molecule has 1 N–H and O–H groups in total. The van der Waals surface area contributed by atoms with Crippen molar-refractivity contribution in [3.63, 3.8) is 0 Å². The maximum Gasteiger partial charge on any atom is 0.331 e. The molecule has 4 heteroatoms. The Kier molecular flexibility index (Phi) is 6.66. The van der Waals surface area contributed by atoms with Gasteiger partial charge in [-0.25, -0.2) is 4.79 Å². The lowest BCUT2D eigenvalue weighted by Crippen LogP contribution is -2.29. The quantitative estimate of drug-likeness (QED) is 0.642. The van der Waals surface area contributed by atoms with E-state index in [1.807, 2.05) is 31.2 Å². The molecular formula is C17H23NO3. The third kappa shape index (κ3) is 5.81. The SMILES string of the molecule is CC/C=C/C(=O)O[C@@H](C)C(=O)Nc1ccc(C(C)C)cc1. The van der Waals surface area contributed by atoms with Crippen LogP contribution in [0.1, 0.15) is 45.6 Å². The topological polar surface area (TPSA) is 55.4 Å². The smallest absolute Gasteiger partial charge is 0.331 e. The van der Waals surface area contributed by atoms with Crippen molar-refractivity contribution in [2.45, 2.75) is 46.1 Å². The van der Waals surface area contributed by atoms with Crippen molar-refractivity contribution in [2.24, 2.45) is 0 Å². The lowest BCUT2D eigenvalue weighted by atomic mass is 10.0. The summed E-state index contributed by atoms with van der Waals surface area (Å²) in [7, 11) is 0. The number of nitrogens with one attached hydrogen (secondary N) is 1. The fraction of sp³-hybridized carbons (Fsp3) is 0.412. The molecule has 0 aromatic heterocycles. The van der Waals surface area contributed by atoms with Crippen molar-refractivity contribution in [1.29, 1.82) is 0 Å². The second-order valence-corrected chi connectivity index (χ2v) is 5.16. The second kappa shape index (κ2) is 8.25. The summed E-state index contributed by atoms with van der Waals surface area (Å²) in [5.41, 5.74) is 1.90. The van der Waals surface area contributed by atoms with E-state index in [1.54, 1.807) is 13.0 Å². The second-order valence-electron chi connectivity index (χ2n) is 5.16. The lowest BCUT2D eigenvalue weighted by Gasteiger charge is -2.13. The number of benzene rings is 1. The Labute approximate surface area is 126 Å². The van der Waals surface area contributed by atoms with Crippen molar-refractivity contribution >= 4 is 17.6 Å². The molecule has 114 valence electrons. The molecule has 4 nitrogen and oxygen atoms in total. The van der Waals surface area contributed by atoms with Gasteiger partial charge in [0, 0.05) is 11.8 Å². The van der Waals surface area contributed by atoms with E-state index in [1.165, 1.54) is 11.6 Å². The van der Waals surface area contributed by atoms with Crippen molar-refractivity contribution in [3.05, 3.63) is 42.0 Å². The maximum absolute atomic E-state index is 11.9. The Balaban J connectivity index is 2.55. The first-order valence-electron chi connectivity index (χ1n) is 7.22. The number of hydrogen-bond donors (Lipinski definition) is 1. The lowest BCUT2D eigenvalue weighted by molar-refractivity contribution is -0.148. The van der Waals surface area contributed by atoms with Gasteiger partial charge in [0.05, 0.1) is 0 Å². The highest BCUT2D eigenvalue weighted by molar-refractivity contribution is 5.95. The van der Waals surface area contributed by atoms with Crippen LogP contribution in [0.25, 0.3) is 0 Å². The zero-order chi connectivity index (χ0) is 15.8. The Morgan fingerprint density at radius 3 is 2.33 bits per heavy atom. The van der Waals surface area contributed by atoms with Gasteiger partial charge in [-0.2, -0.15) is 0 Å². The van der Waals surface area contributed by atoms with E-state index in [2.05, 4.69) is 19.2 Å². The minimum atomic E-state index is -0.830. The molecule has 0 saturated heterocycles. The summed E-state index contributed by atoms with van der Waals surface area (Å²) in [5.74, 6) is -0.403. The van der Waals surface area contributed by atoms with E-state index >= 15 is 0 Å². The molecule has 0 aliphatic carbocycles. The summed E-state index contributed by atoms with van der Waals surface area (Å²) in [6, 6.07) is 7.64. The molecule has 0 aliphatic heterocycles. The van der Waals surface area contributed by atoms with Crippen molar-refractivity contribution in [1.82, 2.24) is 0 Å². The van der Waals surface area contributed by atoms with E-state index in [0.717, 1.165) is 6.42 Å². The largest absolute Gasteiger partial charge is 0.449 e. The van der Waals surface area contributed by atoms with E-state index in [0.29, 0.717) is 11.6 Å². The zero-order valence-corrected chi connectivity index (χ0v) is 13.1. The molecule has 0 radical (unpaired) electrons. The van der Waals surface area contributed by atoms with Crippen molar-refractivity contribution < 1.29 is 14.3 Å². The first kappa shape index (κ1) is 17.0. The first-order valence-corrected chi connectivity index (χ1v) is 7.22. The van der Waals surface area contributed by atoms with Crippen molar-refractivity contribution in [2.75, 3.05) is 5.32 Å². The molecule has 0 bridgehead atoms. The first-order chi connectivity index (χ1) is 9.93. The third-order valence-corrected chi connectivity index (χ3v) is 3.00. The fourth-order valence-electron chi connectivity index (χ4n) is 1.68. The van der Waals surface area contributed by atoms with E-state index in [-0.39, 0.29) is 5.91 Å². The fourth-order valence-corrected chi connectivity index (χ4v) is 1.68. The van der Waals surface area contributed by atoms with Gasteiger partial charge in [0.25, 0.3) is 5.91 Å². The van der Waals surface area contributed by atoms with E-state index in [9.17, 15) is 9.59 Å². The highest BCUT2D eigenvalue weighted by Gasteiger charge is 2.16. The van der Waals surface area contributed by atoms with Crippen LogP contribution in [0.15, 0.2) is 36.4 Å². The van der Waals surface area contributed by atoms with Crippen LogP contribution in [0.2, 0.25) is 0 Å². The standard InChI is InChI=1S/C17H23NO3/c1-5-6-7-16(19)21-13(4)17(20)18-15-10-8-14(9-11-15)12(2)3/h6-13H,5H2,1-4H3,(H,18,20)/b7-6+/t13-/m0/s1.